The first kappa shape index (κ1) is 19.3. The lowest BCUT2D eigenvalue weighted by Gasteiger charge is -2.09. The molecule has 1 N–H and O–H groups in total. The van der Waals surface area contributed by atoms with E-state index in [4.69, 9.17) is 0 Å². The van der Waals surface area contributed by atoms with Crippen LogP contribution in [0, 0.1) is 0 Å². The number of imidazole rings is 1. The highest BCUT2D eigenvalue weighted by Crippen LogP contribution is 2.18. The molecule has 2 aromatic rings. The minimum atomic E-state index is -4.32. The van der Waals surface area contributed by atoms with Gasteiger partial charge in [0.2, 0.25) is 0 Å². The molecule has 0 fully saturated rings. The van der Waals surface area contributed by atoms with Gasteiger partial charge < -0.3 is 10.1 Å². The first-order chi connectivity index (χ1) is 11.9. The number of halogens is 3. The zero-order chi connectivity index (χ0) is 18.3. The quantitative estimate of drug-likeness (QED) is 0.570. The van der Waals surface area contributed by atoms with Crippen LogP contribution in [0.2, 0.25) is 0 Å². The average molecular weight is 373 g/mol. The fraction of sp³-hybridized carbons (Fsp3) is 0.375. The summed E-state index contributed by atoms with van der Waals surface area (Å²) in [4.78, 5) is 16.2. The van der Waals surface area contributed by atoms with Crippen molar-refractivity contribution in [3.63, 3.8) is 0 Å². The smallest absolute Gasteiger partial charge is 0.372 e. The Bertz CT molecular complexity index is 687. The normalized spacial score (nSPS) is 11.5. The maximum Gasteiger partial charge on any atom is 0.411 e. The van der Waals surface area contributed by atoms with Crippen molar-refractivity contribution in [1.82, 2.24) is 14.9 Å². The van der Waals surface area contributed by atoms with Crippen molar-refractivity contribution in [3.8, 4) is 5.69 Å². The number of hydrogen-bond donors (Lipinski definition) is 1. The molecule has 0 unspecified atom stereocenters. The van der Waals surface area contributed by atoms with Crippen LogP contribution in [-0.4, -0.2) is 47.6 Å². The van der Waals surface area contributed by atoms with Gasteiger partial charge in [-0.3, -0.25) is 9.36 Å². The number of ether oxygens (including phenoxy) is 1. The third kappa shape index (κ3) is 6.09. The van der Waals surface area contributed by atoms with Crippen molar-refractivity contribution >= 4 is 17.7 Å². The molecule has 1 aromatic heterocycles. The van der Waals surface area contributed by atoms with E-state index in [1.54, 1.807) is 18.3 Å². The molecule has 0 spiro atoms. The van der Waals surface area contributed by atoms with Crippen LogP contribution >= 0.6 is 11.8 Å². The summed E-state index contributed by atoms with van der Waals surface area (Å²) in [5, 5.41) is 3.49. The third-order valence-electron chi connectivity index (χ3n) is 3.21. The Morgan fingerprint density at radius 2 is 2.04 bits per heavy atom. The molecule has 0 aliphatic heterocycles. The molecule has 1 amide bonds. The van der Waals surface area contributed by atoms with Crippen LogP contribution < -0.4 is 5.32 Å². The summed E-state index contributed by atoms with van der Waals surface area (Å²) in [7, 11) is 0. The highest BCUT2D eigenvalue weighted by Gasteiger charge is 2.27. The molecule has 5 nitrogen and oxygen atoms in total. The second kappa shape index (κ2) is 8.91. The van der Waals surface area contributed by atoms with Crippen molar-refractivity contribution < 1.29 is 22.7 Å². The van der Waals surface area contributed by atoms with Gasteiger partial charge in [0.15, 0.2) is 5.16 Å². The lowest BCUT2D eigenvalue weighted by molar-refractivity contribution is -0.173. The highest BCUT2D eigenvalue weighted by molar-refractivity contribution is 7.98. The zero-order valence-corrected chi connectivity index (χ0v) is 14.4. The molecule has 136 valence electrons. The van der Waals surface area contributed by atoms with Crippen molar-refractivity contribution in [1.29, 1.82) is 0 Å². The predicted molar refractivity (Wildman–Crippen MR) is 89.2 cm³/mol. The van der Waals surface area contributed by atoms with Gasteiger partial charge in [-0.15, -0.1) is 0 Å². The number of thioether (sulfide) groups is 1. The van der Waals surface area contributed by atoms with Gasteiger partial charge in [-0.25, -0.2) is 4.98 Å². The Morgan fingerprint density at radius 1 is 1.32 bits per heavy atom. The number of amides is 1. The SMILES string of the molecule is CSc1nccn1-c1ccc(C(=O)NCCCOCC(F)(F)F)cc1. The topological polar surface area (TPSA) is 56.2 Å². The molecule has 0 aliphatic carbocycles. The average Bonchev–Trinajstić information content (AvgIpc) is 3.05. The molecule has 0 saturated heterocycles. The van der Waals surface area contributed by atoms with Gasteiger partial charge in [0, 0.05) is 36.8 Å². The summed E-state index contributed by atoms with van der Waals surface area (Å²) in [5.41, 5.74) is 1.37. The Labute approximate surface area is 147 Å². The number of carbonyl (C=O) groups is 1. The maximum atomic E-state index is 12.0. The number of nitrogens with one attached hydrogen (secondary N) is 1. The number of hydrogen-bond acceptors (Lipinski definition) is 4. The minimum absolute atomic E-state index is 0.0587. The van der Waals surface area contributed by atoms with Crippen LogP contribution in [0.5, 0.6) is 0 Å². The second-order valence-corrected chi connectivity index (χ2v) is 5.88. The molecule has 0 bridgehead atoms. The molecule has 1 aromatic carbocycles. The summed E-state index contributed by atoms with van der Waals surface area (Å²) >= 11 is 1.52. The van der Waals surface area contributed by atoms with E-state index >= 15 is 0 Å². The molecule has 0 radical (unpaired) electrons. The van der Waals surface area contributed by atoms with Gasteiger partial charge in [0.1, 0.15) is 6.61 Å². The fourth-order valence-corrected chi connectivity index (χ4v) is 2.61. The molecule has 25 heavy (non-hydrogen) atoms. The molecular weight excluding hydrogens is 355 g/mol. The summed E-state index contributed by atoms with van der Waals surface area (Å²) in [6.07, 6.45) is 1.46. The molecule has 0 saturated carbocycles. The maximum absolute atomic E-state index is 12.0. The van der Waals surface area contributed by atoms with E-state index in [0.29, 0.717) is 12.0 Å². The van der Waals surface area contributed by atoms with Gasteiger partial charge in [-0.05, 0) is 36.9 Å². The summed E-state index contributed by atoms with van der Waals surface area (Å²) in [6, 6.07) is 7.00. The Hall–Kier alpha value is -2.00. The molecule has 1 heterocycles. The Balaban J connectivity index is 1.79. The van der Waals surface area contributed by atoms with Gasteiger partial charge >= 0.3 is 6.18 Å². The largest absolute Gasteiger partial charge is 0.411 e. The van der Waals surface area contributed by atoms with Gasteiger partial charge in [0.25, 0.3) is 5.91 Å². The molecule has 2 rings (SSSR count). The van der Waals surface area contributed by atoms with Crippen LogP contribution in [-0.2, 0) is 4.74 Å². The predicted octanol–water partition coefficient (Wildman–Crippen LogP) is 3.29. The summed E-state index contributed by atoms with van der Waals surface area (Å²) < 4.78 is 42.1. The lowest BCUT2D eigenvalue weighted by Crippen LogP contribution is -2.26. The number of nitrogens with zero attached hydrogens (tertiary/aromatic N) is 2. The van der Waals surface area contributed by atoms with Crippen molar-refractivity contribution in [3.05, 3.63) is 42.2 Å². The third-order valence-corrected chi connectivity index (χ3v) is 3.88. The Morgan fingerprint density at radius 3 is 2.68 bits per heavy atom. The van der Waals surface area contributed by atoms with Crippen LogP contribution in [0.3, 0.4) is 0 Å². The first-order valence-corrected chi connectivity index (χ1v) is 8.73. The lowest BCUT2D eigenvalue weighted by atomic mass is 10.2. The zero-order valence-electron chi connectivity index (χ0n) is 13.5. The van der Waals surface area contributed by atoms with Crippen molar-refractivity contribution in [2.24, 2.45) is 0 Å². The van der Waals surface area contributed by atoms with Crippen LogP contribution in [0.15, 0.2) is 41.8 Å². The van der Waals surface area contributed by atoms with E-state index in [2.05, 4.69) is 15.0 Å². The number of aromatic nitrogens is 2. The van der Waals surface area contributed by atoms with E-state index in [9.17, 15) is 18.0 Å². The van der Waals surface area contributed by atoms with E-state index in [1.807, 2.05) is 29.2 Å². The highest BCUT2D eigenvalue weighted by atomic mass is 32.2. The second-order valence-electron chi connectivity index (χ2n) is 5.11. The molecule has 0 atom stereocenters. The Kier molecular flexibility index (Phi) is 6.89. The van der Waals surface area contributed by atoms with Crippen molar-refractivity contribution in [2.45, 2.75) is 17.8 Å². The summed E-state index contributed by atoms with van der Waals surface area (Å²) in [5.74, 6) is -0.280. The van der Waals surface area contributed by atoms with Gasteiger partial charge in [0.05, 0.1) is 0 Å². The number of carbonyl (C=O) groups excluding carboxylic acids is 1. The molecular formula is C16H18F3N3O2S. The van der Waals surface area contributed by atoms with Crippen LogP contribution in [0.25, 0.3) is 5.69 Å². The van der Waals surface area contributed by atoms with Crippen LogP contribution in [0.4, 0.5) is 13.2 Å². The van der Waals surface area contributed by atoms with Gasteiger partial charge in [-0.2, -0.15) is 13.2 Å². The van der Waals surface area contributed by atoms with E-state index in [0.717, 1.165) is 10.8 Å². The van der Waals surface area contributed by atoms with Crippen LogP contribution in [0.1, 0.15) is 16.8 Å². The van der Waals surface area contributed by atoms with E-state index < -0.39 is 12.8 Å². The fourth-order valence-electron chi connectivity index (χ4n) is 2.08. The number of rotatable bonds is 8. The number of alkyl halides is 3. The molecule has 0 aliphatic rings. The standard InChI is InChI=1S/C16H18F3N3O2S/c1-25-15-21-8-9-22(15)13-5-3-12(4-6-13)14(23)20-7-2-10-24-11-16(17,18)19/h3-6,8-9H,2,7,10-11H2,1H3,(H,20,23). The van der Waals surface area contributed by atoms with E-state index in [1.165, 1.54) is 11.8 Å². The van der Waals surface area contributed by atoms with Gasteiger partial charge in [-0.1, -0.05) is 11.8 Å². The minimum Gasteiger partial charge on any atom is -0.372 e. The monoisotopic (exact) mass is 373 g/mol. The van der Waals surface area contributed by atoms with E-state index in [-0.39, 0.29) is 19.1 Å². The van der Waals surface area contributed by atoms with Crippen molar-refractivity contribution in [2.75, 3.05) is 26.0 Å². The first-order valence-electron chi connectivity index (χ1n) is 7.51. The summed E-state index contributed by atoms with van der Waals surface area (Å²) in [6.45, 7) is -1.08. The molecule has 9 heteroatoms. The number of benzene rings is 1.